The van der Waals surface area contributed by atoms with Gasteiger partial charge in [-0.25, -0.2) is 0 Å². The van der Waals surface area contributed by atoms with Crippen LogP contribution >= 0.6 is 0 Å². The first kappa shape index (κ1) is 15.8. The van der Waals surface area contributed by atoms with Crippen LogP contribution in [-0.4, -0.2) is 36.1 Å². The lowest BCUT2D eigenvalue weighted by atomic mass is 9.90. The molecule has 0 radical (unpaired) electrons. The van der Waals surface area contributed by atoms with Crippen LogP contribution in [0.25, 0.3) is 0 Å². The van der Waals surface area contributed by atoms with Gasteiger partial charge in [0.25, 0.3) is 0 Å². The maximum Gasteiger partial charge on any atom is 0.108 e. The van der Waals surface area contributed by atoms with E-state index in [1.807, 2.05) is 0 Å². The molecule has 2 aliphatic rings. The monoisotopic (exact) mass is 277 g/mol. The van der Waals surface area contributed by atoms with Crippen LogP contribution in [0, 0.1) is 11.3 Å². The molecular weight excluding hydrogens is 246 g/mol. The molecule has 1 atom stereocenters. The highest BCUT2D eigenvalue weighted by Gasteiger charge is 2.34. The van der Waals surface area contributed by atoms with Gasteiger partial charge in [0.15, 0.2) is 0 Å². The summed E-state index contributed by atoms with van der Waals surface area (Å²) in [4.78, 5) is 2.54. The fraction of sp³-hybridized carbons (Fsp3) is 0.941. The minimum absolute atomic E-state index is 0.252. The number of rotatable bonds is 4. The predicted octanol–water partition coefficient (Wildman–Crippen LogP) is 3.46. The van der Waals surface area contributed by atoms with Crippen LogP contribution in [0.4, 0.5) is 0 Å². The van der Waals surface area contributed by atoms with E-state index in [9.17, 15) is 5.26 Å². The molecule has 1 N–H and O–H groups in total. The Morgan fingerprint density at radius 2 is 1.85 bits per heavy atom. The Hall–Kier alpha value is -0.590. The summed E-state index contributed by atoms with van der Waals surface area (Å²) in [6.07, 6.45) is 12.4. The molecule has 0 aromatic heterocycles. The quantitative estimate of drug-likeness (QED) is 0.800. The van der Waals surface area contributed by atoms with Crippen molar-refractivity contribution in [1.82, 2.24) is 10.2 Å². The molecule has 114 valence electrons. The van der Waals surface area contributed by atoms with Crippen LogP contribution in [-0.2, 0) is 0 Å². The Bertz CT molecular complexity index is 315. The molecule has 1 unspecified atom stereocenters. The van der Waals surface area contributed by atoms with Crippen molar-refractivity contribution in [2.24, 2.45) is 0 Å². The Morgan fingerprint density at radius 1 is 1.10 bits per heavy atom. The molecule has 1 aliphatic heterocycles. The highest BCUT2D eigenvalue weighted by Crippen LogP contribution is 2.26. The van der Waals surface area contributed by atoms with Crippen LogP contribution < -0.4 is 5.32 Å². The van der Waals surface area contributed by atoms with Gasteiger partial charge in [-0.1, -0.05) is 32.6 Å². The third-order valence-electron chi connectivity index (χ3n) is 5.02. The molecule has 1 heterocycles. The van der Waals surface area contributed by atoms with Crippen LogP contribution in [0.1, 0.15) is 71.1 Å². The van der Waals surface area contributed by atoms with E-state index < -0.39 is 0 Å². The van der Waals surface area contributed by atoms with Crippen LogP contribution in [0.5, 0.6) is 0 Å². The van der Waals surface area contributed by atoms with Crippen molar-refractivity contribution in [3.63, 3.8) is 0 Å². The van der Waals surface area contributed by atoms with E-state index in [1.54, 1.807) is 0 Å². The topological polar surface area (TPSA) is 39.1 Å². The Kier molecular flexibility index (Phi) is 6.32. The first-order valence-electron chi connectivity index (χ1n) is 8.69. The second-order valence-corrected chi connectivity index (χ2v) is 6.72. The molecular formula is C17H31N3. The van der Waals surface area contributed by atoms with Gasteiger partial charge in [0.05, 0.1) is 6.07 Å². The summed E-state index contributed by atoms with van der Waals surface area (Å²) in [6.45, 7) is 5.68. The van der Waals surface area contributed by atoms with Crippen LogP contribution in [0.15, 0.2) is 0 Å². The zero-order chi connectivity index (χ0) is 14.3. The summed E-state index contributed by atoms with van der Waals surface area (Å²) in [7, 11) is 0. The molecule has 2 rings (SSSR count). The van der Waals surface area contributed by atoms with Gasteiger partial charge in [0.1, 0.15) is 5.54 Å². The summed E-state index contributed by atoms with van der Waals surface area (Å²) >= 11 is 0. The molecule has 0 spiro atoms. The van der Waals surface area contributed by atoms with Crippen molar-refractivity contribution in [2.75, 3.05) is 19.6 Å². The molecule has 0 amide bonds. The van der Waals surface area contributed by atoms with Crippen molar-refractivity contribution in [3.8, 4) is 6.07 Å². The maximum atomic E-state index is 9.75. The summed E-state index contributed by atoms with van der Waals surface area (Å²) in [5, 5.41) is 13.5. The number of nitriles is 1. The molecule has 3 heteroatoms. The molecule has 1 saturated carbocycles. The summed E-state index contributed by atoms with van der Waals surface area (Å²) in [5.41, 5.74) is -0.252. The minimum Gasteiger partial charge on any atom is -0.303 e. The SMILES string of the molecule is CCCN1CCCC(C#N)(NC2CCCCCC2)CC1. The molecule has 1 saturated heterocycles. The van der Waals surface area contributed by atoms with Crippen molar-refractivity contribution < 1.29 is 0 Å². The molecule has 0 aromatic carbocycles. The lowest BCUT2D eigenvalue weighted by Crippen LogP contribution is -2.49. The fourth-order valence-corrected chi connectivity index (χ4v) is 3.83. The first-order valence-corrected chi connectivity index (χ1v) is 8.69. The predicted molar refractivity (Wildman–Crippen MR) is 83.6 cm³/mol. The van der Waals surface area contributed by atoms with Crippen molar-refractivity contribution in [3.05, 3.63) is 0 Å². The highest BCUT2D eigenvalue weighted by molar-refractivity contribution is 5.09. The molecule has 0 bridgehead atoms. The summed E-state index contributed by atoms with van der Waals surface area (Å²) in [5.74, 6) is 0. The second-order valence-electron chi connectivity index (χ2n) is 6.72. The van der Waals surface area contributed by atoms with E-state index in [2.05, 4.69) is 23.2 Å². The summed E-state index contributed by atoms with van der Waals surface area (Å²) in [6, 6.07) is 3.23. The van der Waals surface area contributed by atoms with Gasteiger partial charge in [-0.2, -0.15) is 5.26 Å². The minimum atomic E-state index is -0.252. The van der Waals surface area contributed by atoms with E-state index in [0.29, 0.717) is 6.04 Å². The van der Waals surface area contributed by atoms with Crippen LogP contribution in [0.3, 0.4) is 0 Å². The van der Waals surface area contributed by atoms with E-state index in [4.69, 9.17) is 0 Å². The third-order valence-corrected chi connectivity index (χ3v) is 5.02. The largest absolute Gasteiger partial charge is 0.303 e. The lowest BCUT2D eigenvalue weighted by Gasteiger charge is -2.31. The van der Waals surface area contributed by atoms with Gasteiger partial charge in [0.2, 0.25) is 0 Å². The average Bonchev–Trinajstić information content (AvgIpc) is 2.82. The van der Waals surface area contributed by atoms with Crippen molar-refractivity contribution >= 4 is 0 Å². The summed E-state index contributed by atoms with van der Waals surface area (Å²) < 4.78 is 0. The number of nitrogens with zero attached hydrogens (tertiary/aromatic N) is 2. The van der Waals surface area contributed by atoms with Gasteiger partial charge < -0.3 is 4.90 Å². The Morgan fingerprint density at radius 3 is 2.50 bits per heavy atom. The smallest absolute Gasteiger partial charge is 0.108 e. The highest BCUT2D eigenvalue weighted by atomic mass is 15.1. The van der Waals surface area contributed by atoms with Gasteiger partial charge in [-0.05, 0) is 51.6 Å². The number of nitrogens with one attached hydrogen (secondary N) is 1. The van der Waals surface area contributed by atoms with Gasteiger partial charge in [-0.3, -0.25) is 5.32 Å². The number of hydrogen-bond donors (Lipinski definition) is 1. The maximum absolute atomic E-state index is 9.75. The standard InChI is InChI=1S/C17H31N3/c1-2-12-20-13-7-10-17(15-18,11-14-20)19-16-8-5-3-4-6-9-16/h16,19H,2-14H2,1H3. The van der Waals surface area contributed by atoms with Gasteiger partial charge in [0, 0.05) is 12.6 Å². The van der Waals surface area contributed by atoms with Crippen molar-refractivity contribution in [2.45, 2.75) is 82.7 Å². The molecule has 20 heavy (non-hydrogen) atoms. The van der Waals surface area contributed by atoms with Gasteiger partial charge in [-0.15, -0.1) is 0 Å². The zero-order valence-electron chi connectivity index (χ0n) is 13.2. The average molecular weight is 277 g/mol. The van der Waals surface area contributed by atoms with Gasteiger partial charge >= 0.3 is 0 Å². The normalized spacial score (nSPS) is 30.4. The molecule has 0 aromatic rings. The third kappa shape index (κ3) is 4.46. The number of likely N-dealkylation sites (tertiary alicyclic amines) is 1. The number of hydrogen-bond acceptors (Lipinski definition) is 3. The van der Waals surface area contributed by atoms with E-state index >= 15 is 0 Å². The molecule has 3 nitrogen and oxygen atoms in total. The second kappa shape index (κ2) is 8.00. The van der Waals surface area contributed by atoms with E-state index in [-0.39, 0.29) is 5.54 Å². The first-order chi connectivity index (χ1) is 9.78. The fourth-order valence-electron chi connectivity index (χ4n) is 3.83. The Balaban J connectivity index is 1.92. The van der Waals surface area contributed by atoms with E-state index in [0.717, 1.165) is 25.8 Å². The zero-order valence-corrected chi connectivity index (χ0v) is 13.2. The molecule has 1 aliphatic carbocycles. The van der Waals surface area contributed by atoms with Crippen molar-refractivity contribution in [1.29, 1.82) is 5.26 Å². The lowest BCUT2D eigenvalue weighted by molar-refractivity contribution is 0.265. The van der Waals surface area contributed by atoms with Crippen LogP contribution in [0.2, 0.25) is 0 Å². The Labute approximate surface area is 124 Å². The van der Waals surface area contributed by atoms with E-state index in [1.165, 1.54) is 58.0 Å². The molecule has 2 fully saturated rings.